The Balaban J connectivity index is 0.000000352. The third-order valence-electron chi connectivity index (χ3n) is 6.74. The normalized spacial score (nSPS) is 12.0. The fourth-order valence-corrected chi connectivity index (χ4v) is 3.39. The molecule has 0 spiro atoms. The van der Waals surface area contributed by atoms with Crippen molar-refractivity contribution in [3.8, 4) is 11.3 Å². The minimum Gasteiger partial charge on any atom is -0.512 e. The average Bonchev–Trinajstić information content (AvgIpc) is 2.78. The van der Waals surface area contributed by atoms with Crippen molar-refractivity contribution in [3.05, 3.63) is 77.1 Å². The van der Waals surface area contributed by atoms with E-state index < -0.39 is 0 Å². The molecule has 191 valence electrons. The Morgan fingerprint density at radius 1 is 0.971 bits per heavy atom. The van der Waals surface area contributed by atoms with Gasteiger partial charge < -0.3 is 5.11 Å². The van der Waals surface area contributed by atoms with Gasteiger partial charge in [0.1, 0.15) is 5.76 Å². The number of pyridine rings is 1. The molecular formula is C31H40IrNO2-. The number of carbonyl (C=O) groups is 1. The summed E-state index contributed by atoms with van der Waals surface area (Å²) >= 11 is 0. The predicted molar refractivity (Wildman–Crippen MR) is 144 cm³/mol. The number of aliphatic hydroxyl groups excluding tert-OH is 1. The fourth-order valence-electron chi connectivity index (χ4n) is 3.39. The van der Waals surface area contributed by atoms with Crippen LogP contribution in [0.25, 0.3) is 22.2 Å². The van der Waals surface area contributed by atoms with Crippen LogP contribution in [-0.4, -0.2) is 15.9 Å². The van der Waals surface area contributed by atoms with Gasteiger partial charge in [-0.25, -0.2) is 0 Å². The first-order chi connectivity index (χ1) is 15.8. The van der Waals surface area contributed by atoms with Crippen LogP contribution in [0.3, 0.4) is 0 Å². The van der Waals surface area contributed by atoms with Crippen molar-refractivity contribution in [2.45, 2.75) is 75.2 Å². The summed E-state index contributed by atoms with van der Waals surface area (Å²) in [5, 5.41) is 11.1. The molecule has 0 saturated carbocycles. The Kier molecular flexibility index (Phi) is 11.1. The molecule has 0 atom stereocenters. The van der Waals surface area contributed by atoms with E-state index in [1.807, 2.05) is 47.6 Å². The van der Waals surface area contributed by atoms with Gasteiger partial charge in [0.2, 0.25) is 0 Å². The maximum absolute atomic E-state index is 11.8. The van der Waals surface area contributed by atoms with Gasteiger partial charge in [-0.15, -0.1) is 34.9 Å². The Bertz CT molecular complexity index is 1170. The summed E-state index contributed by atoms with van der Waals surface area (Å²) in [6, 6.07) is 18.1. The molecular weight excluding hydrogens is 611 g/mol. The number of fused-ring (bicyclic) bond motifs is 1. The molecule has 3 nitrogen and oxygen atoms in total. The molecule has 3 rings (SSSR count). The first-order valence-electron chi connectivity index (χ1n) is 12.1. The van der Waals surface area contributed by atoms with Crippen LogP contribution in [0.1, 0.15) is 71.1 Å². The van der Waals surface area contributed by atoms with Gasteiger partial charge in [0.05, 0.1) is 5.52 Å². The molecule has 0 unspecified atom stereocenters. The number of aromatic nitrogens is 1. The summed E-state index contributed by atoms with van der Waals surface area (Å²) in [7, 11) is 0. The molecule has 0 saturated heterocycles. The number of hydrogen-bond donors (Lipinski definition) is 1. The molecule has 1 aromatic heterocycles. The second-order valence-corrected chi connectivity index (χ2v) is 10.5. The molecule has 1 radical (unpaired) electrons. The van der Waals surface area contributed by atoms with Gasteiger partial charge in [0, 0.05) is 42.4 Å². The third kappa shape index (κ3) is 8.12. The number of carbonyl (C=O) groups excluding carboxylic acids is 1. The molecule has 0 aliphatic rings. The van der Waals surface area contributed by atoms with Gasteiger partial charge in [-0.2, -0.15) is 0 Å². The number of ketones is 1. The minimum absolute atomic E-state index is 0. The fraction of sp³-hybridized carbons (Fsp3) is 0.419. The largest absolute Gasteiger partial charge is 0.512 e. The van der Waals surface area contributed by atoms with E-state index in [1.54, 1.807) is 0 Å². The van der Waals surface area contributed by atoms with Gasteiger partial charge >= 0.3 is 0 Å². The number of benzene rings is 2. The first kappa shape index (κ1) is 30.7. The quantitative estimate of drug-likeness (QED) is 0.165. The van der Waals surface area contributed by atoms with E-state index in [0.717, 1.165) is 35.2 Å². The molecule has 4 heteroatoms. The summed E-state index contributed by atoms with van der Waals surface area (Å²) < 4.78 is 0. The van der Waals surface area contributed by atoms with Gasteiger partial charge in [-0.3, -0.25) is 9.78 Å². The van der Waals surface area contributed by atoms with E-state index >= 15 is 0 Å². The minimum atomic E-state index is -0.377. The molecule has 35 heavy (non-hydrogen) atoms. The van der Waals surface area contributed by atoms with Crippen molar-refractivity contribution < 1.29 is 30.0 Å². The number of allylic oxidation sites excluding steroid dienone is 2. The van der Waals surface area contributed by atoms with Crippen LogP contribution in [0, 0.1) is 37.7 Å². The SMILES string of the molecule is CCC(C)(C)C(=O)/C=C(\O)C(C)(C)CC.Cc1[c-]c(-c2cc(C)c3ccccc3n2)cc(C)c1.[Ir]. The van der Waals surface area contributed by atoms with Gasteiger partial charge in [0.15, 0.2) is 5.78 Å². The maximum Gasteiger partial charge on any atom is 0.164 e. The molecule has 1 N–H and O–H groups in total. The van der Waals surface area contributed by atoms with Crippen molar-refractivity contribution in [2.75, 3.05) is 0 Å². The van der Waals surface area contributed by atoms with Crippen molar-refractivity contribution in [3.63, 3.8) is 0 Å². The second-order valence-electron chi connectivity index (χ2n) is 10.5. The number of nitrogens with zero attached hydrogens (tertiary/aromatic N) is 1. The number of para-hydroxylation sites is 1. The maximum atomic E-state index is 11.8. The van der Waals surface area contributed by atoms with E-state index in [1.165, 1.54) is 22.6 Å². The van der Waals surface area contributed by atoms with E-state index in [0.29, 0.717) is 0 Å². The summed E-state index contributed by atoms with van der Waals surface area (Å²) in [5.74, 6) is 0.195. The third-order valence-corrected chi connectivity index (χ3v) is 6.74. The summed E-state index contributed by atoms with van der Waals surface area (Å²) in [4.78, 5) is 16.6. The monoisotopic (exact) mass is 651 g/mol. The van der Waals surface area contributed by atoms with Crippen LogP contribution in [0.15, 0.2) is 54.3 Å². The summed E-state index contributed by atoms with van der Waals surface area (Å²) in [5.41, 5.74) is 6.10. The van der Waals surface area contributed by atoms with Crippen LogP contribution < -0.4 is 0 Å². The van der Waals surface area contributed by atoms with Gasteiger partial charge in [-0.05, 0) is 37.1 Å². The Hall–Kier alpha value is -2.29. The van der Waals surface area contributed by atoms with Gasteiger partial charge in [0.25, 0.3) is 0 Å². The molecule has 0 bridgehead atoms. The first-order valence-corrected chi connectivity index (χ1v) is 12.1. The van der Waals surface area contributed by atoms with Crippen LogP contribution in [0.5, 0.6) is 0 Å². The Morgan fingerprint density at radius 3 is 2.14 bits per heavy atom. The smallest absolute Gasteiger partial charge is 0.164 e. The second kappa shape index (κ2) is 12.6. The Labute approximate surface area is 225 Å². The standard InChI is InChI=1S/C18H16N.C13H24O2.Ir/c1-12-8-13(2)10-15(9-12)18-11-14(3)16-6-4-5-7-17(16)19-18;1-7-12(3,4)10(14)9-11(15)13(5,6)8-2;/h4-9,11H,1-3H3;9,14H,7-8H2,1-6H3;/q-1;;/b;10-9-;. The number of aryl methyl sites for hydroxylation is 3. The van der Waals surface area contributed by atoms with E-state index in [2.05, 4.69) is 63.2 Å². The van der Waals surface area contributed by atoms with Crippen LogP contribution in [-0.2, 0) is 24.9 Å². The molecule has 0 amide bonds. The van der Waals surface area contributed by atoms with Crippen LogP contribution >= 0.6 is 0 Å². The Morgan fingerprint density at radius 2 is 1.57 bits per heavy atom. The molecule has 0 aliphatic carbocycles. The van der Waals surface area contributed by atoms with Crippen molar-refractivity contribution in [2.24, 2.45) is 10.8 Å². The predicted octanol–water partition coefficient (Wildman–Crippen LogP) is 8.49. The molecule has 3 aromatic rings. The summed E-state index contributed by atoms with van der Waals surface area (Å²) in [6.45, 7) is 18.0. The molecule has 0 aliphatic heterocycles. The zero-order valence-electron chi connectivity index (χ0n) is 22.7. The van der Waals surface area contributed by atoms with Crippen molar-refractivity contribution >= 4 is 16.7 Å². The number of hydrogen-bond acceptors (Lipinski definition) is 3. The average molecular weight is 651 g/mol. The zero-order valence-corrected chi connectivity index (χ0v) is 25.1. The van der Waals surface area contributed by atoms with Gasteiger partial charge in [-0.1, -0.05) is 79.7 Å². The van der Waals surface area contributed by atoms with E-state index in [9.17, 15) is 9.90 Å². The van der Waals surface area contributed by atoms with Crippen LogP contribution in [0.4, 0.5) is 0 Å². The number of aliphatic hydroxyl groups is 1. The molecule has 0 fully saturated rings. The van der Waals surface area contributed by atoms with Crippen LogP contribution in [0.2, 0.25) is 0 Å². The molecule has 2 aromatic carbocycles. The van der Waals surface area contributed by atoms with E-state index in [4.69, 9.17) is 4.98 Å². The number of rotatable bonds is 6. The van der Waals surface area contributed by atoms with E-state index in [-0.39, 0.29) is 42.5 Å². The zero-order chi connectivity index (χ0) is 25.7. The van der Waals surface area contributed by atoms with Crippen molar-refractivity contribution in [1.29, 1.82) is 0 Å². The topological polar surface area (TPSA) is 50.2 Å². The molecule has 1 heterocycles. The van der Waals surface area contributed by atoms with Crippen molar-refractivity contribution in [1.82, 2.24) is 4.98 Å². The summed E-state index contributed by atoms with van der Waals surface area (Å²) in [6.07, 6.45) is 2.99.